The molecule has 0 unspecified atom stereocenters. The lowest BCUT2D eigenvalue weighted by molar-refractivity contribution is -0.122. The second-order valence-corrected chi connectivity index (χ2v) is 9.03. The molecule has 1 fully saturated rings. The molecule has 9 heteroatoms. The molecule has 162 valence electrons. The summed E-state index contributed by atoms with van der Waals surface area (Å²) in [5.74, 6) is -0.224. The highest BCUT2D eigenvalue weighted by molar-refractivity contribution is 8.26. The third-order valence-corrected chi connectivity index (χ3v) is 6.52. The van der Waals surface area contributed by atoms with E-state index in [0.717, 1.165) is 5.56 Å². The number of phenolic OH excluding ortho intramolecular Hbond substituents is 1. The highest BCUT2D eigenvalue weighted by Crippen LogP contribution is 2.34. The average Bonchev–Trinajstić information content (AvgIpc) is 3.33. The van der Waals surface area contributed by atoms with Crippen molar-refractivity contribution in [1.82, 2.24) is 4.90 Å². The van der Waals surface area contributed by atoms with Crippen LogP contribution in [0.15, 0.2) is 63.9 Å². The van der Waals surface area contributed by atoms with Crippen molar-refractivity contribution in [1.29, 1.82) is 0 Å². The fourth-order valence-corrected chi connectivity index (χ4v) is 4.64. The number of hydrogen-bond donors (Lipinski definition) is 2. The minimum atomic E-state index is -1.13. The van der Waals surface area contributed by atoms with E-state index < -0.39 is 5.97 Å². The molecule has 1 aliphatic rings. The van der Waals surface area contributed by atoms with Gasteiger partial charge in [0.05, 0.1) is 15.5 Å². The number of carboxylic acid groups (broad SMARTS) is 1. The van der Waals surface area contributed by atoms with E-state index in [9.17, 15) is 19.8 Å². The van der Waals surface area contributed by atoms with Gasteiger partial charge in [-0.05, 0) is 54.4 Å². The third-order valence-electron chi connectivity index (χ3n) is 4.82. The number of thioether (sulfide) groups is 1. The number of aromatic carboxylic acids is 1. The molecule has 1 aliphatic heterocycles. The molecule has 2 N–H and O–H groups in total. The van der Waals surface area contributed by atoms with E-state index in [0.29, 0.717) is 39.3 Å². The first-order valence-electron chi connectivity index (χ1n) is 9.48. The van der Waals surface area contributed by atoms with Gasteiger partial charge in [0, 0.05) is 18.2 Å². The van der Waals surface area contributed by atoms with Gasteiger partial charge in [0.2, 0.25) is 0 Å². The van der Waals surface area contributed by atoms with Crippen LogP contribution in [0.4, 0.5) is 0 Å². The minimum Gasteiger partial charge on any atom is -0.508 e. The van der Waals surface area contributed by atoms with Crippen LogP contribution < -0.4 is 0 Å². The Hall–Kier alpha value is -3.07. The lowest BCUT2D eigenvalue weighted by Crippen LogP contribution is -2.30. The number of thiocarbonyl (C=S) groups is 1. The number of hydrogen-bond acceptors (Lipinski definition) is 6. The summed E-state index contributed by atoms with van der Waals surface area (Å²) in [5, 5.41) is 18.8. The van der Waals surface area contributed by atoms with Gasteiger partial charge in [0.25, 0.3) is 5.91 Å². The Labute approximate surface area is 198 Å². The maximum absolute atomic E-state index is 12.8. The summed E-state index contributed by atoms with van der Waals surface area (Å²) in [6.07, 6.45) is 2.23. The zero-order chi connectivity index (χ0) is 22.8. The standard InChI is InChI=1S/C23H16ClNO5S2/c24-18-7-3-14(11-17(18)22(28)29)19-8-6-16(30-19)12-20-21(27)25(23(31)32-20)10-9-13-1-4-15(26)5-2-13/h1-8,11-12,26H,9-10H2,(H,28,29)/b20-12-. The molecule has 2 aromatic carbocycles. The SMILES string of the molecule is O=C(O)c1cc(-c2ccc(/C=C3\SC(=S)N(CCc4ccc(O)cc4)C3=O)o2)ccc1Cl. The predicted molar refractivity (Wildman–Crippen MR) is 128 cm³/mol. The zero-order valence-corrected chi connectivity index (χ0v) is 18.8. The van der Waals surface area contributed by atoms with Crippen LogP contribution in [-0.4, -0.2) is 37.9 Å². The van der Waals surface area contributed by atoms with E-state index >= 15 is 0 Å². The van der Waals surface area contributed by atoms with Gasteiger partial charge in [-0.1, -0.05) is 47.7 Å². The van der Waals surface area contributed by atoms with E-state index in [1.54, 1.807) is 53.4 Å². The minimum absolute atomic E-state index is 0.0170. The summed E-state index contributed by atoms with van der Waals surface area (Å²) in [4.78, 5) is 26.1. The van der Waals surface area contributed by atoms with Crippen LogP contribution in [0.5, 0.6) is 5.75 Å². The van der Waals surface area contributed by atoms with Crippen LogP contribution in [0.25, 0.3) is 17.4 Å². The van der Waals surface area contributed by atoms with Gasteiger partial charge in [0.1, 0.15) is 21.6 Å². The number of furan rings is 1. The molecule has 0 radical (unpaired) electrons. The number of phenols is 1. The van der Waals surface area contributed by atoms with Crippen molar-refractivity contribution < 1.29 is 24.2 Å². The molecule has 0 saturated carbocycles. The topological polar surface area (TPSA) is 91.0 Å². The molecule has 1 saturated heterocycles. The summed E-state index contributed by atoms with van der Waals surface area (Å²) in [7, 11) is 0. The van der Waals surface area contributed by atoms with Crippen molar-refractivity contribution in [2.24, 2.45) is 0 Å². The van der Waals surface area contributed by atoms with Gasteiger partial charge in [-0.3, -0.25) is 9.69 Å². The van der Waals surface area contributed by atoms with Gasteiger partial charge >= 0.3 is 5.97 Å². The van der Waals surface area contributed by atoms with Gasteiger partial charge in [-0.25, -0.2) is 4.79 Å². The Kier molecular flexibility index (Phi) is 6.36. The number of rotatable bonds is 6. The summed E-state index contributed by atoms with van der Waals surface area (Å²) in [5.41, 5.74) is 1.53. The van der Waals surface area contributed by atoms with Crippen LogP contribution in [0.2, 0.25) is 5.02 Å². The van der Waals surface area contributed by atoms with Crippen LogP contribution in [0.3, 0.4) is 0 Å². The molecule has 0 aliphatic carbocycles. The number of halogens is 1. The zero-order valence-electron chi connectivity index (χ0n) is 16.4. The summed E-state index contributed by atoms with van der Waals surface area (Å²) < 4.78 is 6.27. The predicted octanol–water partition coefficient (Wildman–Crippen LogP) is 5.45. The second-order valence-electron chi connectivity index (χ2n) is 6.95. The molecule has 2 heterocycles. The fourth-order valence-electron chi connectivity index (χ4n) is 3.15. The first-order chi connectivity index (χ1) is 15.3. The van der Waals surface area contributed by atoms with Gasteiger partial charge in [-0.2, -0.15) is 0 Å². The van der Waals surface area contributed by atoms with E-state index in [1.807, 2.05) is 0 Å². The Bertz CT molecular complexity index is 1250. The van der Waals surface area contributed by atoms with Crippen molar-refractivity contribution in [2.45, 2.75) is 6.42 Å². The van der Waals surface area contributed by atoms with E-state index in [1.165, 1.54) is 23.9 Å². The van der Waals surface area contributed by atoms with Crippen molar-refractivity contribution in [2.75, 3.05) is 6.54 Å². The molecular formula is C23H16ClNO5S2. The van der Waals surface area contributed by atoms with E-state index in [4.69, 9.17) is 28.2 Å². The van der Waals surface area contributed by atoms with Gasteiger partial charge in [-0.15, -0.1) is 0 Å². The lowest BCUT2D eigenvalue weighted by atomic mass is 10.1. The molecule has 0 atom stereocenters. The van der Waals surface area contributed by atoms with Gasteiger partial charge in [0.15, 0.2) is 0 Å². The number of nitrogens with zero attached hydrogens (tertiary/aromatic N) is 1. The highest BCUT2D eigenvalue weighted by atomic mass is 35.5. The van der Waals surface area contributed by atoms with E-state index in [2.05, 4.69) is 0 Å². The molecule has 0 bridgehead atoms. The van der Waals surface area contributed by atoms with Gasteiger partial charge < -0.3 is 14.6 Å². The average molecular weight is 486 g/mol. The van der Waals surface area contributed by atoms with Crippen LogP contribution in [0, 0.1) is 0 Å². The van der Waals surface area contributed by atoms with Crippen molar-refractivity contribution in [3.63, 3.8) is 0 Å². The number of carboxylic acids is 1. The Balaban J connectivity index is 1.49. The molecule has 1 amide bonds. The first-order valence-corrected chi connectivity index (χ1v) is 11.1. The number of amides is 1. The summed E-state index contributed by atoms with van der Waals surface area (Å²) in [6, 6.07) is 14.8. The third kappa shape index (κ3) is 4.72. The number of benzene rings is 2. The van der Waals surface area contributed by atoms with Crippen molar-refractivity contribution in [3.8, 4) is 17.1 Å². The molecule has 4 rings (SSSR count). The highest BCUT2D eigenvalue weighted by Gasteiger charge is 2.32. The van der Waals surface area contributed by atoms with Crippen molar-refractivity contribution >= 4 is 57.9 Å². The normalized spacial score (nSPS) is 15.0. The maximum Gasteiger partial charge on any atom is 0.337 e. The molecule has 3 aromatic rings. The molecule has 0 spiro atoms. The first kappa shape index (κ1) is 22.1. The smallest absolute Gasteiger partial charge is 0.337 e. The molecule has 1 aromatic heterocycles. The van der Waals surface area contributed by atoms with Crippen LogP contribution in [-0.2, 0) is 11.2 Å². The Morgan fingerprint density at radius 1 is 1.16 bits per heavy atom. The van der Waals surface area contributed by atoms with Crippen LogP contribution in [0.1, 0.15) is 21.7 Å². The number of carbonyl (C=O) groups is 2. The largest absolute Gasteiger partial charge is 0.508 e. The monoisotopic (exact) mass is 485 g/mol. The molecular weight excluding hydrogens is 470 g/mol. The Morgan fingerprint density at radius 2 is 1.91 bits per heavy atom. The molecule has 6 nitrogen and oxygen atoms in total. The molecule has 32 heavy (non-hydrogen) atoms. The summed E-state index contributed by atoms with van der Waals surface area (Å²) in [6.45, 7) is 0.429. The fraction of sp³-hybridized carbons (Fsp3) is 0.0870. The Morgan fingerprint density at radius 3 is 2.62 bits per heavy atom. The summed E-state index contributed by atoms with van der Waals surface area (Å²) >= 11 is 12.5. The second kappa shape index (κ2) is 9.20. The van der Waals surface area contributed by atoms with Crippen molar-refractivity contribution in [3.05, 3.63) is 81.4 Å². The quantitative estimate of drug-likeness (QED) is 0.354. The lowest BCUT2D eigenvalue weighted by Gasteiger charge is -2.14. The maximum atomic E-state index is 12.8. The number of carbonyl (C=O) groups excluding carboxylic acids is 1. The van der Waals surface area contributed by atoms with Crippen LogP contribution >= 0.6 is 35.6 Å². The van der Waals surface area contributed by atoms with E-state index in [-0.39, 0.29) is 22.2 Å². The number of aromatic hydroxyl groups is 1.